The summed E-state index contributed by atoms with van der Waals surface area (Å²) in [6.07, 6.45) is 4.22. The van der Waals surface area contributed by atoms with E-state index < -0.39 is 12.1 Å². The van der Waals surface area contributed by atoms with E-state index in [1.54, 1.807) is 0 Å². The van der Waals surface area contributed by atoms with Crippen molar-refractivity contribution in [1.29, 1.82) is 0 Å². The van der Waals surface area contributed by atoms with Crippen LogP contribution in [0.15, 0.2) is 48.5 Å². The van der Waals surface area contributed by atoms with Gasteiger partial charge in [0.25, 0.3) is 0 Å². The second-order valence-corrected chi connectivity index (χ2v) is 10.1. The van der Waals surface area contributed by atoms with Crippen LogP contribution in [-0.2, 0) is 14.3 Å². The Kier molecular flexibility index (Phi) is 6.75. The molecule has 3 aliphatic rings. The number of rotatable bonds is 7. The fourth-order valence-corrected chi connectivity index (χ4v) is 5.91. The van der Waals surface area contributed by atoms with Crippen molar-refractivity contribution < 1.29 is 24.2 Å². The molecule has 184 valence electrons. The Morgan fingerprint density at radius 3 is 2.20 bits per heavy atom. The maximum absolute atomic E-state index is 12.9. The summed E-state index contributed by atoms with van der Waals surface area (Å²) in [6, 6.07) is 16.4. The Hall–Kier alpha value is -3.35. The van der Waals surface area contributed by atoms with Gasteiger partial charge >= 0.3 is 12.1 Å². The third-order valence-corrected chi connectivity index (χ3v) is 7.93. The van der Waals surface area contributed by atoms with Gasteiger partial charge in [-0.2, -0.15) is 0 Å². The quantitative estimate of drug-likeness (QED) is 0.552. The van der Waals surface area contributed by atoms with Gasteiger partial charge < -0.3 is 20.5 Å². The van der Waals surface area contributed by atoms with Gasteiger partial charge in [-0.25, -0.2) is 4.79 Å². The number of ether oxygens (including phenoxy) is 1. The van der Waals surface area contributed by atoms with E-state index in [1.807, 2.05) is 24.3 Å². The number of amides is 2. The van der Waals surface area contributed by atoms with E-state index in [4.69, 9.17) is 9.84 Å². The van der Waals surface area contributed by atoms with Crippen LogP contribution >= 0.6 is 0 Å². The number of alkyl carbamates (subject to hydrolysis) is 1. The number of benzene rings is 2. The normalized spacial score (nSPS) is 25.0. The van der Waals surface area contributed by atoms with Crippen LogP contribution < -0.4 is 10.6 Å². The molecule has 0 bridgehead atoms. The Morgan fingerprint density at radius 2 is 1.54 bits per heavy atom. The molecule has 0 aromatic heterocycles. The zero-order valence-electron chi connectivity index (χ0n) is 19.7. The largest absolute Gasteiger partial charge is 0.481 e. The van der Waals surface area contributed by atoms with Crippen molar-refractivity contribution in [2.45, 2.75) is 50.5 Å². The number of aliphatic carboxylic acids is 1. The van der Waals surface area contributed by atoms with Crippen molar-refractivity contribution >= 4 is 18.0 Å². The van der Waals surface area contributed by atoms with Gasteiger partial charge in [0.15, 0.2) is 0 Å². The predicted octanol–water partition coefficient (Wildman–Crippen LogP) is 4.31. The molecule has 7 nitrogen and oxygen atoms in total. The lowest BCUT2D eigenvalue weighted by molar-refractivity contribution is -0.146. The Balaban J connectivity index is 1.13. The zero-order valence-corrected chi connectivity index (χ0v) is 19.7. The molecular weight excluding hydrogens is 444 g/mol. The lowest BCUT2D eigenvalue weighted by atomic mass is 9.76. The minimum atomic E-state index is -0.793. The van der Waals surface area contributed by atoms with Crippen LogP contribution in [0.2, 0.25) is 0 Å². The maximum atomic E-state index is 12.9. The maximum Gasteiger partial charge on any atom is 0.407 e. The summed E-state index contributed by atoms with van der Waals surface area (Å²) >= 11 is 0. The third-order valence-electron chi connectivity index (χ3n) is 7.93. The first-order valence-electron chi connectivity index (χ1n) is 12.6. The Bertz CT molecular complexity index is 1060. The molecule has 0 saturated heterocycles. The highest BCUT2D eigenvalue weighted by Gasteiger charge is 2.38. The summed E-state index contributed by atoms with van der Waals surface area (Å²) in [7, 11) is 0. The zero-order chi connectivity index (χ0) is 24.4. The lowest BCUT2D eigenvalue weighted by Crippen LogP contribution is -2.50. The molecule has 2 amide bonds. The predicted molar refractivity (Wildman–Crippen MR) is 131 cm³/mol. The van der Waals surface area contributed by atoms with Crippen molar-refractivity contribution in [3.63, 3.8) is 0 Å². The molecular formula is C28H32N2O5. The Labute approximate surface area is 205 Å². The number of fused-ring (bicyclic) bond motifs is 3. The number of carboxylic acid groups (broad SMARTS) is 1. The Morgan fingerprint density at radius 1 is 0.914 bits per heavy atom. The molecule has 0 aliphatic heterocycles. The van der Waals surface area contributed by atoms with Crippen molar-refractivity contribution in [1.82, 2.24) is 10.6 Å². The minimum Gasteiger partial charge on any atom is -0.481 e. The van der Waals surface area contributed by atoms with Crippen molar-refractivity contribution in [3.8, 4) is 11.1 Å². The molecule has 7 heteroatoms. The van der Waals surface area contributed by atoms with E-state index in [-0.39, 0.29) is 42.2 Å². The van der Waals surface area contributed by atoms with Crippen LogP contribution in [0.25, 0.3) is 11.1 Å². The summed E-state index contributed by atoms with van der Waals surface area (Å²) in [4.78, 5) is 36.5. The van der Waals surface area contributed by atoms with Gasteiger partial charge in [-0.15, -0.1) is 0 Å². The second-order valence-electron chi connectivity index (χ2n) is 10.1. The molecule has 2 saturated carbocycles. The molecule has 2 aromatic carbocycles. The van der Waals surface area contributed by atoms with Gasteiger partial charge in [0.05, 0.1) is 5.92 Å². The van der Waals surface area contributed by atoms with Gasteiger partial charge in [-0.1, -0.05) is 61.4 Å². The summed E-state index contributed by atoms with van der Waals surface area (Å²) in [5, 5.41) is 15.0. The molecule has 3 aliphatic carbocycles. The van der Waals surface area contributed by atoms with Crippen molar-refractivity contribution in [3.05, 3.63) is 59.7 Å². The van der Waals surface area contributed by atoms with Gasteiger partial charge in [-0.3, -0.25) is 9.59 Å². The lowest BCUT2D eigenvalue weighted by Gasteiger charge is -2.36. The molecule has 0 radical (unpaired) electrons. The molecule has 2 fully saturated rings. The van der Waals surface area contributed by atoms with E-state index in [9.17, 15) is 14.4 Å². The van der Waals surface area contributed by atoms with Crippen LogP contribution in [0.1, 0.15) is 55.6 Å². The number of carbonyl (C=O) groups excluding carboxylic acids is 2. The minimum absolute atomic E-state index is 0.0125. The number of hydrogen-bond donors (Lipinski definition) is 3. The highest BCUT2D eigenvalue weighted by Crippen LogP contribution is 2.44. The van der Waals surface area contributed by atoms with E-state index in [1.165, 1.54) is 22.3 Å². The molecule has 35 heavy (non-hydrogen) atoms. The first-order valence-corrected chi connectivity index (χ1v) is 12.6. The highest BCUT2D eigenvalue weighted by molar-refractivity contribution is 5.81. The van der Waals surface area contributed by atoms with Crippen LogP contribution in [0.3, 0.4) is 0 Å². The van der Waals surface area contributed by atoms with E-state index in [0.717, 1.165) is 25.7 Å². The molecule has 0 spiro atoms. The van der Waals surface area contributed by atoms with E-state index in [2.05, 4.69) is 34.9 Å². The first-order chi connectivity index (χ1) is 17.0. The van der Waals surface area contributed by atoms with Crippen molar-refractivity contribution in [2.24, 2.45) is 17.8 Å². The first kappa shape index (κ1) is 23.4. The average Bonchev–Trinajstić information content (AvgIpc) is 3.17. The molecule has 0 heterocycles. The summed E-state index contributed by atoms with van der Waals surface area (Å²) in [5.41, 5.74) is 4.72. The van der Waals surface area contributed by atoms with Gasteiger partial charge in [0.1, 0.15) is 6.61 Å². The monoisotopic (exact) mass is 476 g/mol. The van der Waals surface area contributed by atoms with Crippen molar-refractivity contribution in [2.75, 3.05) is 13.2 Å². The number of carbonyl (C=O) groups is 3. The second kappa shape index (κ2) is 10.1. The number of nitrogens with one attached hydrogen (secondary N) is 2. The fourth-order valence-electron chi connectivity index (χ4n) is 5.91. The van der Waals surface area contributed by atoms with Crippen LogP contribution in [-0.4, -0.2) is 42.3 Å². The fraction of sp³-hybridized carbons (Fsp3) is 0.464. The average molecular weight is 477 g/mol. The molecule has 3 N–H and O–H groups in total. The summed E-state index contributed by atoms with van der Waals surface area (Å²) in [5.74, 6) is -1.26. The standard InChI is InChI=1S/C28H32N2O5/c31-26(30-19-13-18(14-19)27(32)33)20-8-2-1-7-17(20)15-29-28(34)35-16-25-23-11-5-3-9-21(23)22-10-4-6-12-24(22)25/h3-6,9-12,17-20,25H,1-2,7-8,13-16H2,(H,29,34)(H,30,31)(H,32,33)/t17-,18?,19?,20-/m1/s1. The van der Waals surface area contributed by atoms with E-state index in [0.29, 0.717) is 19.4 Å². The third kappa shape index (κ3) is 4.90. The van der Waals surface area contributed by atoms with Crippen LogP contribution in [0.4, 0.5) is 4.79 Å². The molecule has 2 atom stereocenters. The van der Waals surface area contributed by atoms with Gasteiger partial charge in [0, 0.05) is 24.4 Å². The summed E-state index contributed by atoms with van der Waals surface area (Å²) in [6.45, 7) is 0.665. The smallest absolute Gasteiger partial charge is 0.407 e. The molecule has 5 rings (SSSR count). The van der Waals surface area contributed by atoms with Gasteiger partial charge in [-0.05, 0) is 53.9 Å². The van der Waals surface area contributed by atoms with Gasteiger partial charge in [0.2, 0.25) is 5.91 Å². The topological polar surface area (TPSA) is 105 Å². The number of carboxylic acids is 1. The molecule has 2 aromatic rings. The summed E-state index contributed by atoms with van der Waals surface area (Å²) < 4.78 is 5.65. The van der Waals surface area contributed by atoms with Crippen LogP contribution in [0.5, 0.6) is 0 Å². The SMILES string of the molecule is O=C(NC[C@H]1CCCC[C@H]1C(=O)NC1CC(C(=O)O)C1)OCC1c2ccccc2-c2ccccc21. The van der Waals surface area contributed by atoms with Crippen LogP contribution in [0, 0.1) is 17.8 Å². The highest BCUT2D eigenvalue weighted by atomic mass is 16.5. The van der Waals surface area contributed by atoms with E-state index >= 15 is 0 Å². The number of hydrogen-bond acceptors (Lipinski definition) is 4. The molecule has 0 unspecified atom stereocenters.